The van der Waals surface area contributed by atoms with Crippen LogP contribution in [-0.4, -0.2) is 30.8 Å². The molecular formula is C15H28N2O2. The molecular weight excluding hydrogens is 240 g/mol. The summed E-state index contributed by atoms with van der Waals surface area (Å²) in [5.41, 5.74) is -0.411. The van der Waals surface area contributed by atoms with Crippen molar-refractivity contribution < 1.29 is 9.53 Å². The fourth-order valence-electron chi connectivity index (χ4n) is 3.43. The second-order valence-electron chi connectivity index (χ2n) is 6.94. The SMILES string of the molecule is CC(C)(C)OC(=O)NC[C@H]1CCN[C@@H]2CCCC[C@H]12. The van der Waals surface area contributed by atoms with Crippen LogP contribution in [0.3, 0.4) is 0 Å². The number of nitrogens with one attached hydrogen (secondary N) is 2. The van der Waals surface area contributed by atoms with Crippen LogP contribution in [0.5, 0.6) is 0 Å². The molecule has 0 radical (unpaired) electrons. The summed E-state index contributed by atoms with van der Waals surface area (Å²) >= 11 is 0. The largest absolute Gasteiger partial charge is 0.444 e. The van der Waals surface area contributed by atoms with Crippen LogP contribution in [0.1, 0.15) is 52.9 Å². The lowest BCUT2D eigenvalue weighted by Gasteiger charge is -2.42. The second-order valence-corrected chi connectivity index (χ2v) is 6.94. The summed E-state index contributed by atoms with van der Waals surface area (Å²) < 4.78 is 5.30. The molecule has 1 amide bonds. The molecule has 2 N–H and O–H groups in total. The summed E-state index contributed by atoms with van der Waals surface area (Å²) in [4.78, 5) is 11.7. The molecule has 0 spiro atoms. The van der Waals surface area contributed by atoms with Crippen molar-refractivity contribution in [3.05, 3.63) is 0 Å². The number of alkyl carbamates (subject to hydrolysis) is 1. The molecule has 19 heavy (non-hydrogen) atoms. The van der Waals surface area contributed by atoms with E-state index < -0.39 is 5.60 Å². The minimum absolute atomic E-state index is 0.279. The lowest BCUT2D eigenvalue weighted by molar-refractivity contribution is 0.0492. The smallest absolute Gasteiger partial charge is 0.407 e. The number of carbonyl (C=O) groups excluding carboxylic acids is 1. The highest BCUT2D eigenvalue weighted by molar-refractivity contribution is 5.67. The predicted molar refractivity (Wildman–Crippen MR) is 76.1 cm³/mol. The van der Waals surface area contributed by atoms with Gasteiger partial charge in [0.2, 0.25) is 0 Å². The number of amides is 1. The van der Waals surface area contributed by atoms with Crippen LogP contribution in [0.4, 0.5) is 4.79 Å². The van der Waals surface area contributed by atoms with Crippen LogP contribution in [-0.2, 0) is 4.74 Å². The fraction of sp³-hybridized carbons (Fsp3) is 0.933. The molecule has 2 fully saturated rings. The highest BCUT2D eigenvalue weighted by Gasteiger charge is 2.34. The highest BCUT2D eigenvalue weighted by Crippen LogP contribution is 2.34. The van der Waals surface area contributed by atoms with E-state index in [9.17, 15) is 4.79 Å². The van der Waals surface area contributed by atoms with Crippen LogP contribution in [0.2, 0.25) is 0 Å². The lowest BCUT2D eigenvalue weighted by Crippen LogP contribution is -2.50. The molecule has 4 heteroatoms. The van der Waals surface area contributed by atoms with Gasteiger partial charge in [0.25, 0.3) is 0 Å². The van der Waals surface area contributed by atoms with Crippen molar-refractivity contribution in [3.63, 3.8) is 0 Å². The van der Waals surface area contributed by atoms with Gasteiger partial charge in [0, 0.05) is 12.6 Å². The second kappa shape index (κ2) is 6.12. The van der Waals surface area contributed by atoms with E-state index in [1.54, 1.807) is 0 Å². The molecule has 0 aromatic carbocycles. The van der Waals surface area contributed by atoms with Crippen molar-refractivity contribution in [2.75, 3.05) is 13.1 Å². The minimum Gasteiger partial charge on any atom is -0.444 e. The summed E-state index contributed by atoms with van der Waals surface area (Å²) in [5, 5.41) is 6.59. The van der Waals surface area contributed by atoms with Gasteiger partial charge in [0.1, 0.15) is 5.60 Å². The Bertz CT molecular complexity index is 310. The lowest BCUT2D eigenvalue weighted by atomic mass is 9.73. The molecule has 4 nitrogen and oxygen atoms in total. The summed E-state index contributed by atoms with van der Waals surface area (Å²) in [6, 6.07) is 0.674. The molecule has 3 atom stereocenters. The van der Waals surface area contributed by atoms with Crippen LogP contribution < -0.4 is 10.6 Å². The maximum Gasteiger partial charge on any atom is 0.407 e. The van der Waals surface area contributed by atoms with Crippen molar-refractivity contribution in [1.82, 2.24) is 10.6 Å². The standard InChI is InChI=1S/C15H28N2O2/c1-15(2,3)19-14(18)17-10-11-8-9-16-13-7-5-4-6-12(11)13/h11-13,16H,4-10H2,1-3H3,(H,17,18)/t11-,12-,13-/m1/s1. The first-order valence-corrected chi connectivity index (χ1v) is 7.66. The number of fused-ring (bicyclic) bond motifs is 1. The van der Waals surface area contributed by atoms with Gasteiger partial charge in [-0.3, -0.25) is 0 Å². The van der Waals surface area contributed by atoms with Gasteiger partial charge < -0.3 is 15.4 Å². The first kappa shape index (κ1) is 14.6. The summed E-state index contributed by atoms with van der Waals surface area (Å²) in [7, 11) is 0. The Morgan fingerprint density at radius 3 is 2.74 bits per heavy atom. The van der Waals surface area contributed by atoms with E-state index in [2.05, 4.69) is 10.6 Å². The van der Waals surface area contributed by atoms with E-state index in [-0.39, 0.29) is 6.09 Å². The third-order valence-corrected chi connectivity index (χ3v) is 4.25. The first-order chi connectivity index (χ1) is 8.96. The van der Waals surface area contributed by atoms with Crippen molar-refractivity contribution >= 4 is 6.09 Å². The predicted octanol–water partition coefficient (Wildman–Crippen LogP) is 2.68. The zero-order chi connectivity index (χ0) is 13.9. The first-order valence-electron chi connectivity index (χ1n) is 7.66. The Labute approximate surface area is 116 Å². The van der Waals surface area contributed by atoms with Gasteiger partial charge in [-0.15, -0.1) is 0 Å². The van der Waals surface area contributed by atoms with Crippen LogP contribution in [0.15, 0.2) is 0 Å². The molecule has 2 aliphatic rings. The Kier molecular flexibility index (Phi) is 4.71. The molecule has 110 valence electrons. The molecule has 1 aliphatic heterocycles. The van der Waals surface area contributed by atoms with E-state index in [0.717, 1.165) is 25.4 Å². The van der Waals surface area contributed by atoms with Crippen LogP contribution in [0.25, 0.3) is 0 Å². The van der Waals surface area contributed by atoms with Crippen molar-refractivity contribution in [3.8, 4) is 0 Å². The normalized spacial score (nSPS) is 31.4. The van der Waals surface area contributed by atoms with E-state index in [1.165, 1.54) is 25.7 Å². The Morgan fingerprint density at radius 1 is 1.26 bits per heavy atom. The molecule has 0 aromatic heterocycles. The molecule has 0 aromatic rings. The van der Waals surface area contributed by atoms with Crippen LogP contribution in [0, 0.1) is 11.8 Å². The molecule has 1 saturated carbocycles. The maximum atomic E-state index is 11.7. The number of carbonyl (C=O) groups is 1. The Balaban J connectivity index is 1.79. The van der Waals surface area contributed by atoms with Gasteiger partial charge in [-0.25, -0.2) is 4.79 Å². The van der Waals surface area contributed by atoms with E-state index in [4.69, 9.17) is 4.74 Å². The van der Waals surface area contributed by atoms with E-state index in [1.807, 2.05) is 20.8 Å². The summed E-state index contributed by atoms with van der Waals surface area (Å²) in [6.07, 6.45) is 6.17. The minimum atomic E-state index is -0.411. The third kappa shape index (κ3) is 4.37. The van der Waals surface area contributed by atoms with Gasteiger partial charge >= 0.3 is 6.09 Å². The molecule has 1 saturated heterocycles. The Hall–Kier alpha value is -0.770. The zero-order valence-corrected chi connectivity index (χ0v) is 12.5. The number of hydrogen-bond donors (Lipinski definition) is 2. The van der Waals surface area contributed by atoms with Gasteiger partial charge in [-0.2, -0.15) is 0 Å². The average molecular weight is 268 g/mol. The van der Waals surface area contributed by atoms with Crippen molar-refractivity contribution in [2.24, 2.45) is 11.8 Å². The molecule has 2 rings (SSSR count). The summed E-state index contributed by atoms with van der Waals surface area (Å²) in [6.45, 7) is 7.54. The van der Waals surface area contributed by atoms with E-state index in [0.29, 0.717) is 12.0 Å². The maximum absolute atomic E-state index is 11.7. The molecule has 0 bridgehead atoms. The molecule has 0 unspecified atom stereocenters. The summed E-state index contributed by atoms with van der Waals surface area (Å²) in [5.74, 6) is 1.34. The van der Waals surface area contributed by atoms with Gasteiger partial charge in [0.15, 0.2) is 0 Å². The number of hydrogen-bond acceptors (Lipinski definition) is 3. The fourth-order valence-corrected chi connectivity index (χ4v) is 3.43. The Morgan fingerprint density at radius 2 is 2.00 bits per heavy atom. The average Bonchev–Trinajstić information content (AvgIpc) is 2.34. The number of rotatable bonds is 2. The monoisotopic (exact) mass is 268 g/mol. The van der Waals surface area contributed by atoms with Gasteiger partial charge in [-0.05, 0) is 58.4 Å². The van der Waals surface area contributed by atoms with Gasteiger partial charge in [-0.1, -0.05) is 12.8 Å². The molecule has 1 heterocycles. The van der Waals surface area contributed by atoms with Crippen molar-refractivity contribution in [2.45, 2.75) is 64.5 Å². The molecule has 1 aliphatic carbocycles. The number of piperidine rings is 1. The number of ether oxygens (including phenoxy) is 1. The highest BCUT2D eigenvalue weighted by atomic mass is 16.6. The quantitative estimate of drug-likeness (QED) is 0.809. The van der Waals surface area contributed by atoms with E-state index >= 15 is 0 Å². The topological polar surface area (TPSA) is 50.4 Å². The van der Waals surface area contributed by atoms with Crippen LogP contribution >= 0.6 is 0 Å². The van der Waals surface area contributed by atoms with Gasteiger partial charge in [0.05, 0.1) is 0 Å². The zero-order valence-electron chi connectivity index (χ0n) is 12.5. The van der Waals surface area contributed by atoms with Crippen molar-refractivity contribution in [1.29, 1.82) is 0 Å². The third-order valence-electron chi connectivity index (χ3n) is 4.25.